The van der Waals surface area contributed by atoms with Gasteiger partial charge in [-0.05, 0) is 35.5 Å². The Hall–Kier alpha value is -3.62. The smallest absolute Gasteiger partial charge is 0.268 e. The molecule has 164 valence electrons. The van der Waals surface area contributed by atoms with Crippen LogP contribution in [0.3, 0.4) is 0 Å². The number of sulfonamides is 1. The lowest BCUT2D eigenvalue weighted by atomic mass is 9.92. The van der Waals surface area contributed by atoms with Crippen molar-refractivity contribution in [1.82, 2.24) is 14.6 Å². The number of carbonyl (C=O) groups is 1. The fourth-order valence-corrected chi connectivity index (χ4v) is 4.58. The van der Waals surface area contributed by atoms with Crippen molar-refractivity contribution < 1.29 is 18.3 Å². The molecular weight excluding hydrogens is 426 g/mol. The minimum atomic E-state index is -3.69. The molecule has 0 aliphatic carbocycles. The van der Waals surface area contributed by atoms with Crippen LogP contribution >= 0.6 is 0 Å². The zero-order valence-electron chi connectivity index (χ0n) is 17.6. The van der Waals surface area contributed by atoms with Gasteiger partial charge in [-0.15, -0.1) is 0 Å². The molecule has 8 heteroatoms. The number of aromatic nitrogens is 1. The number of carbonyl (C=O) groups excluding carboxylic acids is 1. The fourth-order valence-electron chi connectivity index (χ4n) is 3.78. The van der Waals surface area contributed by atoms with Crippen LogP contribution in [0, 0.1) is 0 Å². The molecule has 1 unspecified atom stereocenters. The van der Waals surface area contributed by atoms with Gasteiger partial charge in [0.25, 0.3) is 5.91 Å². The largest absolute Gasteiger partial charge is 0.508 e. The summed E-state index contributed by atoms with van der Waals surface area (Å²) in [6, 6.07) is 21.0. The average Bonchev–Trinajstić information content (AvgIpc) is 3.21. The van der Waals surface area contributed by atoms with Gasteiger partial charge in [0.05, 0.1) is 6.04 Å². The zero-order chi connectivity index (χ0) is 22.9. The van der Waals surface area contributed by atoms with Crippen LogP contribution in [-0.4, -0.2) is 31.0 Å². The van der Waals surface area contributed by atoms with E-state index in [9.17, 15) is 18.3 Å². The van der Waals surface area contributed by atoms with Gasteiger partial charge in [-0.3, -0.25) is 4.79 Å². The maximum absolute atomic E-state index is 13.3. The highest BCUT2D eigenvalue weighted by Gasteiger charge is 2.25. The Bertz CT molecular complexity index is 1400. The van der Waals surface area contributed by atoms with Crippen LogP contribution in [-0.2, 0) is 17.1 Å². The molecule has 0 fully saturated rings. The Morgan fingerprint density at radius 2 is 1.69 bits per heavy atom. The monoisotopic (exact) mass is 449 g/mol. The van der Waals surface area contributed by atoms with Crippen molar-refractivity contribution in [2.45, 2.75) is 10.9 Å². The van der Waals surface area contributed by atoms with Crippen LogP contribution in [0.1, 0.15) is 27.7 Å². The van der Waals surface area contributed by atoms with Gasteiger partial charge >= 0.3 is 0 Å². The molecule has 3 N–H and O–H groups in total. The highest BCUT2D eigenvalue weighted by atomic mass is 32.2. The standard InChI is InChI=1S/C24H23N3O4S/c1-25-32(30,31)18-14-20(27(2)15-18)24(29)26-23(17-9-4-3-5-10-17)22-19-11-7-6-8-16(19)12-13-21(22)28/h3-15,23,25,28H,1-2H3,(H,26,29). The van der Waals surface area contributed by atoms with E-state index in [1.807, 2.05) is 60.7 Å². The van der Waals surface area contributed by atoms with Gasteiger partial charge in [-0.2, -0.15) is 0 Å². The van der Waals surface area contributed by atoms with Gasteiger partial charge in [0.1, 0.15) is 16.3 Å². The molecule has 1 aromatic heterocycles. The van der Waals surface area contributed by atoms with Gasteiger partial charge in [0.15, 0.2) is 0 Å². The second kappa shape index (κ2) is 8.49. The first-order valence-corrected chi connectivity index (χ1v) is 11.5. The maximum Gasteiger partial charge on any atom is 0.268 e. The molecule has 1 amide bonds. The average molecular weight is 450 g/mol. The van der Waals surface area contributed by atoms with Crippen molar-refractivity contribution in [1.29, 1.82) is 0 Å². The summed E-state index contributed by atoms with van der Waals surface area (Å²) in [7, 11) is -0.769. The molecule has 0 aliphatic heterocycles. The van der Waals surface area contributed by atoms with Crippen LogP contribution in [0.2, 0.25) is 0 Å². The summed E-state index contributed by atoms with van der Waals surface area (Å²) in [5.74, 6) is -0.408. The molecule has 1 atom stereocenters. The third-order valence-electron chi connectivity index (χ3n) is 5.44. The molecule has 1 heterocycles. The summed E-state index contributed by atoms with van der Waals surface area (Å²) >= 11 is 0. The first-order valence-electron chi connectivity index (χ1n) is 9.98. The van der Waals surface area contributed by atoms with E-state index in [0.29, 0.717) is 5.56 Å². The SMILES string of the molecule is CNS(=O)(=O)c1cc(C(=O)NC(c2ccccc2)c2c(O)ccc3ccccc23)n(C)c1. The Labute approximate surface area is 186 Å². The number of aryl methyl sites for hydroxylation is 1. The Morgan fingerprint density at radius 1 is 1.00 bits per heavy atom. The Balaban J connectivity index is 1.81. The molecule has 0 bridgehead atoms. The van der Waals surface area contributed by atoms with Gasteiger partial charge < -0.3 is 15.0 Å². The molecule has 0 aliphatic rings. The number of nitrogens with one attached hydrogen (secondary N) is 2. The number of phenolic OH excluding ortho intramolecular Hbond substituents is 1. The van der Waals surface area contributed by atoms with Crippen molar-refractivity contribution in [3.63, 3.8) is 0 Å². The normalized spacial score (nSPS) is 12.6. The number of benzene rings is 3. The number of fused-ring (bicyclic) bond motifs is 1. The number of phenols is 1. The molecule has 0 radical (unpaired) electrons. The molecule has 0 spiro atoms. The highest BCUT2D eigenvalue weighted by molar-refractivity contribution is 7.89. The predicted octanol–water partition coefficient (Wildman–Crippen LogP) is 3.31. The van der Waals surface area contributed by atoms with Gasteiger partial charge in [0, 0.05) is 18.8 Å². The molecular formula is C24H23N3O4S. The van der Waals surface area contributed by atoms with Gasteiger partial charge in [-0.25, -0.2) is 13.1 Å². The number of aromatic hydroxyl groups is 1. The van der Waals surface area contributed by atoms with E-state index in [4.69, 9.17) is 0 Å². The lowest BCUT2D eigenvalue weighted by molar-refractivity contribution is 0.0934. The minimum absolute atomic E-state index is 0.00285. The van der Waals surface area contributed by atoms with E-state index >= 15 is 0 Å². The summed E-state index contributed by atoms with van der Waals surface area (Å²) in [6.45, 7) is 0. The molecule has 4 aromatic rings. The minimum Gasteiger partial charge on any atom is -0.508 e. The first-order chi connectivity index (χ1) is 15.3. The van der Waals surface area contributed by atoms with Crippen molar-refractivity contribution in [3.05, 3.63) is 95.8 Å². The number of amides is 1. The highest BCUT2D eigenvalue weighted by Crippen LogP contribution is 2.36. The van der Waals surface area contributed by atoms with Crippen molar-refractivity contribution >= 4 is 26.7 Å². The topological polar surface area (TPSA) is 100 Å². The van der Waals surface area contributed by atoms with Crippen molar-refractivity contribution in [3.8, 4) is 5.75 Å². The van der Waals surface area contributed by atoms with Crippen molar-refractivity contribution in [2.75, 3.05) is 7.05 Å². The zero-order valence-corrected chi connectivity index (χ0v) is 18.4. The summed E-state index contributed by atoms with van der Waals surface area (Å²) in [6.07, 6.45) is 1.38. The lowest BCUT2D eigenvalue weighted by Crippen LogP contribution is -2.30. The number of hydrogen-bond acceptors (Lipinski definition) is 4. The second-order valence-electron chi connectivity index (χ2n) is 7.42. The first kappa shape index (κ1) is 21.6. The van der Waals surface area contributed by atoms with Crippen LogP contribution < -0.4 is 10.0 Å². The Kier molecular flexibility index (Phi) is 5.73. The Morgan fingerprint density at radius 3 is 2.41 bits per heavy atom. The summed E-state index contributed by atoms with van der Waals surface area (Å²) in [5.41, 5.74) is 1.53. The number of rotatable bonds is 6. The summed E-state index contributed by atoms with van der Waals surface area (Å²) < 4.78 is 28.0. The molecule has 7 nitrogen and oxygen atoms in total. The third-order valence-corrected chi connectivity index (χ3v) is 6.82. The maximum atomic E-state index is 13.3. The van der Waals surface area contributed by atoms with Crippen LogP contribution in [0.5, 0.6) is 5.75 Å². The van der Waals surface area contributed by atoms with E-state index in [1.165, 1.54) is 23.9 Å². The van der Waals surface area contributed by atoms with Crippen LogP contribution in [0.4, 0.5) is 0 Å². The van der Waals surface area contributed by atoms with E-state index in [2.05, 4.69) is 10.0 Å². The number of nitrogens with zero attached hydrogens (tertiary/aromatic N) is 1. The molecule has 3 aromatic carbocycles. The summed E-state index contributed by atoms with van der Waals surface area (Å²) in [5, 5.41) is 15.5. The fraction of sp³-hybridized carbons (Fsp3) is 0.125. The van der Waals surface area contributed by atoms with Gasteiger partial charge in [-0.1, -0.05) is 60.7 Å². The third kappa shape index (κ3) is 3.98. The lowest BCUT2D eigenvalue weighted by Gasteiger charge is -2.22. The van der Waals surface area contributed by atoms with Crippen LogP contribution in [0.15, 0.2) is 83.9 Å². The van der Waals surface area contributed by atoms with E-state index < -0.39 is 22.0 Å². The van der Waals surface area contributed by atoms with E-state index in [-0.39, 0.29) is 16.3 Å². The van der Waals surface area contributed by atoms with Gasteiger partial charge in [0.2, 0.25) is 10.0 Å². The van der Waals surface area contributed by atoms with E-state index in [0.717, 1.165) is 16.3 Å². The second-order valence-corrected chi connectivity index (χ2v) is 9.30. The quantitative estimate of drug-likeness (QED) is 0.420. The molecule has 0 saturated carbocycles. The molecule has 0 saturated heterocycles. The van der Waals surface area contributed by atoms with Crippen molar-refractivity contribution in [2.24, 2.45) is 7.05 Å². The van der Waals surface area contributed by atoms with E-state index in [1.54, 1.807) is 13.1 Å². The van der Waals surface area contributed by atoms with Crippen LogP contribution in [0.25, 0.3) is 10.8 Å². The summed E-state index contributed by atoms with van der Waals surface area (Å²) in [4.78, 5) is 13.3. The predicted molar refractivity (Wildman–Crippen MR) is 123 cm³/mol. The molecule has 4 rings (SSSR count). The molecule has 32 heavy (non-hydrogen) atoms. The number of hydrogen-bond donors (Lipinski definition) is 3.